The third-order valence-electron chi connectivity index (χ3n) is 3.89. The zero-order valence-electron chi connectivity index (χ0n) is 14.9. The Kier molecular flexibility index (Phi) is 7.46. The van der Waals surface area contributed by atoms with Gasteiger partial charge >= 0.3 is 0 Å². The van der Waals surface area contributed by atoms with Crippen LogP contribution in [0, 0.1) is 5.92 Å². The van der Waals surface area contributed by atoms with Crippen molar-refractivity contribution in [3.05, 3.63) is 59.5 Å². The highest BCUT2D eigenvalue weighted by molar-refractivity contribution is 7.89. The van der Waals surface area contributed by atoms with E-state index >= 15 is 0 Å². The molecule has 0 aliphatic carbocycles. The number of furan rings is 1. The van der Waals surface area contributed by atoms with Crippen LogP contribution in [0.5, 0.6) is 0 Å². The number of hydrogen-bond acceptors (Lipinski definition) is 4. The number of halogens is 1. The van der Waals surface area contributed by atoms with Gasteiger partial charge in [0.25, 0.3) is 0 Å². The van der Waals surface area contributed by atoms with Crippen molar-refractivity contribution in [2.75, 3.05) is 13.2 Å². The second kappa shape index (κ2) is 9.37. The van der Waals surface area contributed by atoms with E-state index in [0.717, 1.165) is 0 Å². The topological polar surface area (TPSA) is 70.8 Å². The summed E-state index contributed by atoms with van der Waals surface area (Å²) in [4.78, 5) is 0.149. The molecule has 0 radical (unpaired) electrons. The van der Waals surface area contributed by atoms with Crippen molar-refractivity contribution in [2.45, 2.75) is 31.2 Å². The van der Waals surface area contributed by atoms with Gasteiger partial charge in [0.1, 0.15) is 5.76 Å². The summed E-state index contributed by atoms with van der Waals surface area (Å²) >= 11 is 5.87. The largest absolute Gasteiger partial charge is 0.465 e. The summed E-state index contributed by atoms with van der Waals surface area (Å²) < 4.78 is 32.8. The lowest BCUT2D eigenvalue weighted by atomic mass is 10.0. The first kappa shape index (κ1) is 20.7. The molecule has 1 atom stereocenters. The molecule has 1 heterocycles. The fourth-order valence-electron chi connectivity index (χ4n) is 2.67. The molecule has 7 heteroatoms. The van der Waals surface area contributed by atoms with E-state index in [1.54, 1.807) is 42.7 Å². The molecule has 0 aliphatic heterocycles. The summed E-state index contributed by atoms with van der Waals surface area (Å²) in [7, 11) is -3.78. The van der Waals surface area contributed by atoms with Crippen LogP contribution in [0.15, 0.2) is 58.1 Å². The lowest BCUT2D eigenvalue weighted by Gasteiger charge is -2.30. The first-order valence-corrected chi connectivity index (χ1v) is 10.2. The first-order chi connectivity index (χ1) is 12.3. The molecule has 1 aromatic carbocycles. The standard InChI is InChI=1S/C19H24ClNO4S/c1-15(2)13-17(14-22)21(11-3-5-18-6-4-12-25-18)26(23,24)19-9-7-16(20)8-10-19/h3-10,12,15,17,22H,11,13-14H2,1-2H3/b5-3+/t17-/m1/s1. The molecule has 0 fully saturated rings. The number of sulfonamides is 1. The van der Waals surface area contributed by atoms with Gasteiger partial charge in [0.15, 0.2) is 0 Å². The average molecular weight is 398 g/mol. The molecule has 0 bridgehead atoms. The van der Waals surface area contributed by atoms with Crippen LogP contribution in [0.25, 0.3) is 6.08 Å². The minimum atomic E-state index is -3.78. The van der Waals surface area contributed by atoms with Gasteiger partial charge in [-0.2, -0.15) is 4.31 Å². The van der Waals surface area contributed by atoms with Gasteiger partial charge in [-0.25, -0.2) is 8.42 Å². The van der Waals surface area contributed by atoms with Crippen molar-refractivity contribution in [3.8, 4) is 0 Å². The van der Waals surface area contributed by atoms with Crippen molar-refractivity contribution < 1.29 is 17.9 Å². The van der Waals surface area contributed by atoms with Crippen molar-refractivity contribution in [1.82, 2.24) is 4.31 Å². The Labute approximate surface area is 159 Å². The molecule has 0 saturated heterocycles. The molecule has 1 aromatic heterocycles. The minimum Gasteiger partial charge on any atom is -0.465 e. The summed E-state index contributed by atoms with van der Waals surface area (Å²) in [5.74, 6) is 0.877. The summed E-state index contributed by atoms with van der Waals surface area (Å²) in [6, 6.07) is 9.07. The summed E-state index contributed by atoms with van der Waals surface area (Å²) in [6.45, 7) is 3.87. The van der Waals surface area contributed by atoms with Crippen LogP contribution in [0.1, 0.15) is 26.0 Å². The molecule has 5 nitrogen and oxygen atoms in total. The number of rotatable bonds is 9. The highest BCUT2D eigenvalue weighted by Gasteiger charge is 2.30. The summed E-state index contributed by atoms with van der Waals surface area (Å²) in [6.07, 6.45) is 5.54. The van der Waals surface area contributed by atoms with Crippen LogP contribution in [0.3, 0.4) is 0 Å². The Morgan fingerprint density at radius 2 is 1.92 bits per heavy atom. The van der Waals surface area contributed by atoms with E-state index in [9.17, 15) is 13.5 Å². The third kappa shape index (κ3) is 5.45. The van der Waals surface area contributed by atoms with Crippen molar-refractivity contribution in [2.24, 2.45) is 5.92 Å². The van der Waals surface area contributed by atoms with Crippen molar-refractivity contribution in [1.29, 1.82) is 0 Å². The van der Waals surface area contributed by atoms with Gasteiger partial charge in [-0.15, -0.1) is 0 Å². The molecule has 0 saturated carbocycles. The summed E-state index contributed by atoms with van der Waals surface area (Å²) in [5.41, 5.74) is 0. The van der Waals surface area contributed by atoms with Gasteiger partial charge in [0, 0.05) is 17.6 Å². The SMILES string of the molecule is CC(C)C[C@H](CO)N(C/C=C/c1ccco1)S(=O)(=O)c1ccc(Cl)cc1. The molecule has 2 rings (SSSR count). The molecule has 26 heavy (non-hydrogen) atoms. The highest BCUT2D eigenvalue weighted by atomic mass is 35.5. The number of nitrogens with zero attached hydrogens (tertiary/aromatic N) is 1. The molecule has 0 spiro atoms. The van der Waals surface area contributed by atoms with Crippen LogP contribution in [0.4, 0.5) is 0 Å². The predicted octanol–water partition coefficient (Wildman–Crippen LogP) is 4.04. The molecule has 1 N–H and O–H groups in total. The molecular formula is C19H24ClNO4S. The molecule has 142 valence electrons. The highest BCUT2D eigenvalue weighted by Crippen LogP contribution is 2.23. The molecule has 0 amide bonds. The number of benzene rings is 1. The van der Waals surface area contributed by atoms with Crippen molar-refractivity contribution in [3.63, 3.8) is 0 Å². The molecule has 0 unspecified atom stereocenters. The summed E-state index contributed by atoms with van der Waals surface area (Å²) in [5, 5.41) is 10.3. The maximum absolute atomic E-state index is 13.1. The maximum atomic E-state index is 13.1. The smallest absolute Gasteiger partial charge is 0.243 e. The molecule has 2 aromatic rings. The third-order valence-corrected chi connectivity index (χ3v) is 6.08. The van der Waals surface area contributed by atoms with E-state index in [-0.39, 0.29) is 24.0 Å². The fourth-order valence-corrected chi connectivity index (χ4v) is 4.38. The van der Waals surface area contributed by atoms with Gasteiger partial charge in [-0.1, -0.05) is 31.5 Å². The van der Waals surface area contributed by atoms with E-state index in [0.29, 0.717) is 17.2 Å². The Morgan fingerprint density at radius 3 is 2.46 bits per heavy atom. The fraction of sp³-hybridized carbons (Fsp3) is 0.368. The lowest BCUT2D eigenvalue weighted by Crippen LogP contribution is -2.43. The Bertz CT molecular complexity index is 799. The van der Waals surface area contributed by atoms with Gasteiger partial charge in [-0.3, -0.25) is 0 Å². The van der Waals surface area contributed by atoms with Crippen LogP contribution in [-0.4, -0.2) is 37.0 Å². The maximum Gasteiger partial charge on any atom is 0.243 e. The normalized spacial score (nSPS) is 13.8. The van der Waals surface area contributed by atoms with Gasteiger partial charge in [0.05, 0.1) is 17.8 Å². The molecule has 0 aliphatic rings. The zero-order chi connectivity index (χ0) is 19.2. The Balaban J connectivity index is 2.32. The quantitative estimate of drug-likeness (QED) is 0.693. The van der Waals surface area contributed by atoms with Gasteiger partial charge < -0.3 is 9.52 Å². The van der Waals surface area contributed by atoms with E-state index < -0.39 is 16.1 Å². The second-order valence-corrected chi connectivity index (χ2v) is 8.74. The molecular weight excluding hydrogens is 374 g/mol. The second-order valence-electron chi connectivity index (χ2n) is 6.41. The van der Waals surface area contributed by atoms with Crippen LogP contribution in [-0.2, 0) is 10.0 Å². The van der Waals surface area contributed by atoms with E-state index in [1.807, 2.05) is 13.8 Å². The van der Waals surface area contributed by atoms with Gasteiger partial charge in [-0.05, 0) is 54.8 Å². The first-order valence-electron chi connectivity index (χ1n) is 8.43. The number of aliphatic hydroxyl groups is 1. The van der Waals surface area contributed by atoms with E-state index in [1.165, 1.54) is 16.4 Å². The average Bonchev–Trinajstić information content (AvgIpc) is 3.10. The Hall–Kier alpha value is -1.60. The van der Waals surface area contributed by atoms with Crippen LogP contribution < -0.4 is 0 Å². The number of hydrogen-bond donors (Lipinski definition) is 1. The lowest BCUT2D eigenvalue weighted by molar-refractivity contribution is 0.175. The van der Waals surface area contributed by atoms with Gasteiger partial charge in [0.2, 0.25) is 10.0 Å². The van der Waals surface area contributed by atoms with Crippen LogP contribution in [0.2, 0.25) is 5.02 Å². The predicted molar refractivity (Wildman–Crippen MR) is 103 cm³/mol. The Morgan fingerprint density at radius 1 is 1.23 bits per heavy atom. The van der Waals surface area contributed by atoms with Crippen LogP contribution >= 0.6 is 11.6 Å². The zero-order valence-corrected chi connectivity index (χ0v) is 16.4. The van der Waals surface area contributed by atoms with Crippen molar-refractivity contribution >= 4 is 27.7 Å². The van der Waals surface area contributed by atoms with E-state index in [2.05, 4.69) is 0 Å². The van der Waals surface area contributed by atoms with E-state index in [4.69, 9.17) is 16.0 Å². The monoisotopic (exact) mass is 397 g/mol. The minimum absolute atomic E-state index is 0.129. The number of aliphatic hydroxyl groups excluding tert-OH is 1.